The number of hydrogen-bond acceptors (Lipinski definition) is 2. The molecular formula is C12H15ClFNO. The Hall–Kier alpha value is -0.930. The second kappa shape index (κ2) is 5.97. The molecule has 16 heavy (non-hydrogen) atoms. The summed E-state index contributed by atoms with van der Waals surface area (Å²) < 4.78 is 13.0. The van der Waals surface area contributed by atoms with Gasteiger partial charge in [-0.3, -0.25) is 4.79 Å². The van der Waals surface area contributed by atoms with Gasteiger partial charge in [0.05, 0.1) is 0 Å². The number of rotatable bonds is 5. The van der Waals surface area contributed by atoms with Gasteiger partial charge in [0.1, 0.15) is 11.6 Å². The van der Waals surface area contributed by atoms with Gasteiger partial charge in [0.2, 0.25) is 0 Å². The molecule has 0 radical (unpaired) electrons. The van der Waals surface area contributed by atoms with Crippen LogP contribution < -0.4 is 5.73 Å². The number of halogens is 2. The zero-order valence-electron chi connectivity index (χ0n) is 9.17. The molecular weight excluding hydrogens is 229 g/mol. The first-order chi connectivity index (χ1) is 7.54. The third-order valence-electron chi connectivity index (χ3n) is 2.52. The average molecular weight is 244 g/mol. The molecule has 88 valence electrons. The number of nitrogens with two attached hydrogens (primary N) is 1. The van der Waals surface area contributed by atoms with Crippen molar-refractivity contribution in [3.63, 3.8) is 0 Å². The molecule has 0 bridgehead atoms. The van der Waals surface area contributed by atoms with Gasteiger partial charge < -0.3 is 5.73 Å². The Morgan fingerprint density at radius 3 is 2.88 bits per heavy atom. The summed E-state index contributed by atoms with van der Waals surface area (Å²) in [5.41, 5.74) is 5.91. The van der Waals surface area contributed by atoms with Crippen LogP contribution in [0, 0.1) is 11.7 Å². The maximum absolute atomic E-state index is 13.0. The minimum absolute atomic E-state index is 0.0398. The zero-order chi connectivity index (χ0) is 12.1. The fourth-order valence-corrected chi connectivity index (χ4v) is 1.64. The standard InChI is InChI=1S/C12H15ClFNO/c1-8(4-5-15)12(16)7-9-6-10(14)2-3-11(9)13/h2-3,6,8H,4-5,7,15H2,1H3. The van der Waals surface area contributed by atoms with Gasteiger partial charge in [-0.15, -0.1) is 0 Å². The number of carbonyl (C=O) groups excluding carboxylic acids is 1. The van der Waals surface area contributed by atoms with Gasteiger partial charge in [-0.05, 0) is 36.7 Å². The fraction of sp³-hybridized carbons (Fsp3) is 0.417. The van der Waals surface area contributed by atoms with Crippen LogP contribution in [0.15, 0.2) is 18.2 Å². The summed E-state index contributed by atoms with van der Waals surface area (Å²) in [6.07, 6.45) is 0.809. The summed E-state index contributed by atoms with van der Waals surface area (Å²) in [5, 5.41) is 0.426. The number of ketones is 1. The first-order valence-electron chi connectivity index (χ1n) is 5.21. The molecule has 4 heteroatoms. The Morgan fingerprint density at radius 2 is 2.25 bits per heavy atom. The second-order valence-corrected chi connectivity index (χ2v) is 4.26. The van der Waals surface area contributed by atoms with E-state index < -0.39 is 0 Å². The number of hydrogen-bond donors (Lipinski definition) is 1. The molecule has 0 heterocycles. The molecule has 1 unspecified atom stereocenters. The third kappa shape index (κ3) is 3.58. The van der Waals surface area contributed by atoms with Crippen molar-refractivity contribution in [1.82, 2.24) is 0 Å². The molecule has 0 aromatic heterocycles. The topological polar surface area (TPSA) is 43.1 Å². The number of carbonyl (C=O) groups is 1. The Labute approximate surface area is 99.6 Å². The van der Waals surface area contributed by atoms with Crippen LogP contribution in [0.4, 0.5) is 4.39 Å². The van der Waals surface area contributed by atoms with E-state index in [9.17, 15) is 9.18 Å². The van der Waals surface area contributed by atoms with Crippen molar-refractivity contribution in [3.8, 4) is 0 Å². The minimum atomic E-state index is -0.376. The van der Waals surface area contributed by atoms with Crippen molar-refractivity contribution in [2.24, 2.45) is 11.7 Å². The Bertz CT molecular complexity index is 381. The average Bonchev–Trinajstić information content (AvgIpc) is 2.23. The van der Waals surface area contributed by atoms with E-state index in [4.69, 9.17) is 17.3 Å². The van der Waals surface area contributed by atoms with Crippen molar-refractivity contribution >= 4 is 17.4 Å². The van der Waals surface area contributed by atoms with E-state index in [-0.39, 0.29) is 23.9 Å². The third-order valence-corrected chi connectivity index (χ3v) is 2.89. The highest BCUT2D eigenvalue weighted by atomic mass is 35.5. The van der Waals surface area contributed by atoms with Crippen LogP contribution in [0.1, 0.15) is 18.9 Å². The summed E-state index contributed by atoms with van der Waals surface area (Å²) >= 11 is 5.88. The largest absolute Gasteiger partial charge is 0.330 e. The van der Waals surface area contributed by atoms with Gasteiger partial charge in [-0.1, -0.05) is 18.5 Å². The molecule has 1 atom stereocenters. The molecule has 0 aliphatic rings. The van der Waals surface area contributed by atoms with E-state index in [0.29, 0.717) is 23.6 Å². The molecule has 1 rings (SSSR count). The molecule has 0 saturated carbocycles. The van der Waals surface area contributed by atoms with Crippen molar-refractivity contribution in [1.29, 1.82) is 0 Å². The van der Waals surface area contributed by atoms with Crippen LogP contribution in [0.3, 0.4) is 0 Å². The van der Waals surface area contributed by atoms with Crippen molar-refractivity contribution in [2.45, 2.75) is 19.8 Å². The van der Waals surface area contributed by atoms with E-state index in [1.165, 1.54) is 18.2 Å². The molecule has 0 saturated heterocycles. The van der Waals surface area contributed by atoms with Gasteiger partial charge in [-0.25, -0.2) is 4.39 Å². The van der Waals surface area contributed by atoms with Crippen molar-refractivity contribution in [2.75, 3.05) is 6.54 Å². The Balaban J connectivity index is 2.72. The Morgan fingerprint density at radius 1 is 1.56 bits per heavy atom. The van der Waals surface area contributed by atoms with Crippen LogP contribution in [0.25, 0.3) is 0 Å². The molecule has 0 spiro atoms. The van der Waals surface area contributed by atoms with Crippen LogP contribution in [0.2, 0.25) is 5.02 Å². The lowest BCUT2D eigenvalue weighted by atomic mass is 9.97. The summed E-state index contributed by atoms with van der Waals surface area (Å²) in [6, 6.07) is 4.04. The number of Topliss-reactive ketones (excluding diaryl/α,β-unsaturated/α-hetero) is 1. The van der Waals surface area contributed by atoms with E-state index in [0.717, 1.165) is 0 Å². The van der Waals surface area contributed by atoms with Gasteiger partial charge in [0, 0.05) is 17.4 Å². The SMILES string of the molecule is CC(CCN)C(=O)Cc1cc(F)ccc1Cl. The molecule has 0 aliphatic carbocycles. The van der Waals surface area contributed by atoms with Gasteiger partial charge in [0.25, 0.3) is 0 Å². The van der Waals surface area contributed by atoms with Gasteiger partial charge >= 0.3 is 0 Å². The predicted octanol–water partition coefficient (Wildman–Crippen LogP) is 2.58. The molecule has 0 fully saturated rings. The second-order valence-electron chi connectivity index (χ2n) is 3.86. The van der Waals surface area contributed by atoms with Crippen LogP contribution in [-0.4, -0.2) is 12.3 Å². The molecule has 2 nitrogen and oxygen atoms in total. The summed E-state index contributed by atoms with van der Waals surface area (Å²) in [5.74, 6) is -0.444. The molecule has 2 N–H and O–H groups in total. The molecule has 0 aliphatic heterocycles. The minimum Gasteiger partial charge on any atom is -0.330 e. The first kappa shape index (κ1) is 13.1. The van der Waals surface area contributed by atoms with Crippen LogP contribution >= 0.6 is 11.6 Å². The molecule has 1 aromatic carbocycles. The summed E-state index contributed by atoms with van der Waals surface area (Å²) in [4.78, 5) is 11.7. The highest BCUT2D eigenvalue weighted by Gasteiger charge is 2.14. The van der Waals surface area contributed by atoms with Crippen molar-refractivity contribution in [3.05, 3.63) is 34.6 Å². The predicted molar refractivity (Wildman–Crippen MR) is 63.0 cm³/mol. The fourth-order valence-electron chi connectivity index (χ4n) is 1.45. The lowest BCUT2D eigenvalue weighted by Gasteiger charge is -2.09. The lowest BCUT2D eigenvalue weighted by Crippen LogP contribution is -2.17. The molecule has 1 aromatic rings. The lowest BCUT2D eigenvalue weighted by molar-refractivity contribution is -0.121. The first-order valence-corrected chi connectivity index (χ1v) is 5.59. The van der Waals surface area contributed by atoms with Crippen LogP contribution in [-0.2, 0) is 11.2 Å². The Kier molecular flexibility index (Phi) is 4.90. The maximum Gasteiger partial charge on any atom is 0.140 e. The maximum atomic E-state index is 13.0. The van der Waals surface area contributed by atoms with Gasteiger partial charge in [0.15, 0.2) is 0 Å². The highest BCUT2D eigenvalue weighted by Crippen LogP contribution is 2.19. The summed E-state index contributed by atoms with van der Waals surface area (Å²) in [6.45, 7) is 2.30. The van der Waals surface area contributed by atoms with E-state index in [1.54, 1.807) is 0 Å². The number of benzene rings is 1. The monoisotopic (exact) mass is 243 g/mol. The van der Waals surface area contributed by atoms with E-state index in [2.05, 4.69) is 0 Å². The quantitative estimate of drug-likeness (QED) is 0.864. The normalized spacial score (nSPS) is 12.5. The highest BCUT2D eigenvalue weighted by molar-refractivity contribution is 6.31. The van der Waals surface area contributed by atoms with Crippen LogP contribution in [0.5, 0.6) is 0 Å². The smallest absolute Gasteiger partial charge is 0.140 e. The van der Waals surface area contributed by atoms with Crippen molar-refractivity contribution < 1.29 is 9.18 Å². The summed E-state index contributed by atoms with van der Waals surface area (Å²) in [7, 11) is 0. The molecule has 0 amide bonds. The zero-order valence-corrected chi connectivity index (χ0v) is 9.93. The van der Waals surface area contributed by atoms with Gasteiger partial charge in [-0.2, -0.15) is 0 Å². The van der Waals surface area contributed by atoms with E-state index in [1.807, 2.05) is 6.92 Å². The van der Waals surface area contributed by atoms with E-state index >= 15 is 0 Å².